The van der Waals surface area contributed by atoms with Crippen molar-refractivity contribution >= 4 is 30.4 Å². The van der Waals surface area contributed by atoms with Crippen molar-refractivity contribution in [3.63, 3.8) is 0 Å². The van der Waals surface area contributed by atoms with Crippen LogP contribution in [-0.2, 0) is 9.59 Å². The molecule has 0 aliphatic carbocycles. The summed E-state index contributed by atoms with van der Waals surface area (Å²) in [6, 6.07) is 7.48. The second kappa shape index (κ2) is 8.44. The lowest BCUT2D eigenvalue weighted by atomic mass is 10.1. The molecule has 0 bridgehead atoms. The normalized spacial score (nSPS) is 17.3. The number of likely N-dealkylation sites (tertiary alicyclic amines) is 1. The average Bonchev–Trinajstić information content (AvgIpc) is 2.96. The smallest absolute Gasteiger partial charge is 0.308 e. The molecule has 1 unspecified atom stereocenters. The maximum atomic E-state index is 12.1. The molecule has 0 aromatic heterocycles. The van der Waals surface area contributed by atoms with Crippen molar-refractivity contribution in [3.8, 4) is 5.75 Å². The molecule has 1 atom stereocenters. The number of hydrogen-bond acceptors (Lipinski definition) is 3. The lowest BCUT2D eigenvalue weighted by Gasteiger charge is -2.13. The molecule has 120 valence electrons. The minimum Gasteiger partial charge on any atom is -0.493 e. The van der Waals surface area contributed by atoms with Gasteiger partial charge in [0.05, 0.1) is 12.5 Å². The number of aliphatic carboxylic acids is 1. The Morgan fingerprint density at radius 3 is 2.77 bits per heavy atom. The molecule has 1 aliphatic rings. The highest BCUT2D eigenvalue weighted by atomic mass is 35.5. The van der Waals surface area contributed by atoms with Gasteiger partial charge >= 0.3 is 5.97 Å². The fourth-order valence-corrected chi connectivity index (χ4v) is 2.33. The first kappa shape index (κ1) is 18.0. The Balaban J connectivity index is 0.00000242. The van der Waals surface area contributed by atoms with Crippen LogP contribution >= 0.6 is 12.4 Å². The summed E-state index contributed by atoms with van der Waals surface area (Å²) in [6.07, 6.45) is 3.70. The highest BCUT2D eigenvalue weighted by Gasteiger charge is 2.29. The van der Waals surface area contributed by atoms with Crippen molar-refractivity contribution < 1.29 is 19.4 Å². The molecule has 2 rings (SSSR count). The molecule has 1 saturated heterocycles. The largest absolute Gasteiger partial charge is 0.493 e. The lowest BCUT2D eigenvalue weighted by molar-refractivity contribution is -0.141. The monoisotopic (exact) mass is 325 g/mol. The molecule has 6 heteroatoms. The van der Waals surface area contributed by atoms with Crippen LogP contribution in [-0.4, -0.2) is 41.6 Å². The zero-order valence-corrected chi connectivity index (χ0v) is 13.2. The van der Waals surface area contributed by atoms with Gasteiger partial charge in [-0.1, -0.05) is 18.2 Å². The molecule has 0 spiro atoms. The van der Waals surface area contributed by atoms with Crippen LogP contribution < -0.4 is 4.74 Å². The van der Waals surface area contributed by atoms with E-state index in [1.54, 1.807) is 11.0 Å². The van der Waals surface area contributed by atoms with E-state index in [0.717, 1.165) is 11.3 Å². The highest BCUT2D eigenvalue weighted by Crippen LogP contribution is 2.20. The zero-order chi connectivity index (χ0) is 15.2. The molecule has 1 aliphatic heterocycles. The van der Waals surface area contributed by atoms with Gasteiger partial charge in [0.15, 0.2) is 0 Å². The van der Waals surface area contributed by atoms with Crippen LogP contribution in [0.2, 0.25) is 0 Å². The van der Waals surface area contributed by atoms with Gasteiger partial charge in [-0.15, -0.1) is 12.4 Å². The quantitative estimate of drug-likeness (QED) is 0.844. The molecular formula is C16H20ClNO4. The minimum atomic E-state index is -0.837. The summed E-state index contributed by atoms with van der Waals surface area (Å²) in [4.78, 5) is 24.5. The first-order valence-electron chi connectivity index (χ1n) is 7.03. The summed E-state index contributed by atoms with van der Waals surface area (Å²) in [5.74, 6) is -0.715. The Labute approximate surface area is 136 Å². The van der Waals surface area contributed by atoms with E-state index < -0.39 is 11.9 Å². The van der Waals surface area contributed by atoms with Gasteiger partial charge in [0.25, 0.3) is 0 Å². The fraction of sp³-hybridized carbons (Fsp3) is 0.375. The number of ether oxygens (including phenoxy) is 1. The van der Waals surface area contributed by atoms with Crippen LogP contribution in [0.5, 0.6) is 5.75 Å². The third kappa shape index (κ3) is 4.49. The molecule has 1 amide bonds. The number of amides is 1. The van der Waals surface area contributed by atoms with Crippen LogP contribution in [0.4, 0.5) is 0 Å². The molecule has 1 N–H and O–H groups in total. The Kier molecular flexibility index (Phi) is 6.92. The number of hydrogen-bond donors (Lipinski definition) is 1. The fourth-order valence-electron chi connectivity index (χ4n) is 2.33. The molecule has 0 saturated carbocycles. The number of carboxylic acids is 1. The second-order valence-electron chi connectivity index (χ2n) is 4.91. The summed E-state index contributed by atoms with van der Waals surface area (Å²) < 4.78 is 5.49. The van der Waals surface area contributed by atoms with E-state index in [-0.39, 0.29) is 24.9 Å². The van der Waals surface area contributed by atoms with Crippen LogP contribution in [0.1, 0.15) is 18.9 Å². The Bertz CT molecular complexity index is 559. The molecule has 1 aromatic rings. The van der Waals surface area contributed by atoms with Gasteiger partial charge in [-0.2, -0.15) is 0 Å². The number of halogens is 1. The van der Waals surface area contributed by atoms with Crippen molar-refractivity contribution in [2.75, 3.05) is 19.7 Å². The first-order valence-corrected chi connectivity index (χ1v) is 7.03. The van der Waals surface area contributed by atoms with Gasteiger partial charge in [0, 0.05) is 24.7 Å². The summed E-state index contributed by atoms with van der Waals surface area (Å²) in [5, 5.41) is 8.94. The van der Waals surface area contributed by atoms with E-state index in [9.17, 15) is 9.59 Å². The number of carbonyl (C=O) groups is 2. The summed E-state index contributed by atoms with van der Waals surface area (Å²) in [5.41, 5.74) is 0.835. The summed E-state index contributed by atoms with van der Waals surface area (Å²) in [6.45, 7) is 3.24. The van der Waals surface area contributed by atoms with E-state index in [1.165, 1.54) is 6.08 Å². The van der Waals surface area contributed by atoms with Crippen LogP contribution in [0, 0.1) is 5.92 Å². The second-order valence-corrected chi connectivity index (χ2v) is 4.91. The summed E-state index contributed by atoms with van der Waals surface area (Å²) in [7, 11) is 0. The predicted molar refractivity (Wildman–Crippen MR) is 86.2 cm³/mol. The first-order chi connectivity index (χ1) is 10.1. The van der Waals surface area contributed by atoms with Crippen molar-refractivity contribution in [2.45, 2.75) is 13.3 Å². The molecule has 1 fully saturated rings. The highest BCUT2D eigenvalue weighted by molar-refractivity contribution is 5.92. The lowest BCUT2D eigenvalue weighted by Crippen LogP contribution is -2.28. The van der Waals surface area contributed by atoms with Crippen LogP contribution in [0.15, 0.2) is 30.3 Å². The van der Waals surface area contributed by atoms with Crippen molar-refractivity contribution in [2.24, 2.45) is 5.92 Å². The SMILES string of the molecule is CCOc1ccccc1C=CC(=O)N1CCC(C(=O)O)C1.Cl. The summed E-state index contributed by atoms with van der Waals surface area (Å²) >= 11 is 0. The molecule has 0 radical (unpaired) electrons. The van der Waals surface area contributed by atoms with E-state index in [0.29, 0.717) is 19.6 Å². The number of rotatable bonds is 5. The zero-order valence-electron chi connectivity index (χ0n) is 12.4. The number of benzene rings is 1. The van der Waals surface area contributed by atoms with E-state index in [4.69, 9.17) is 9.84 Å². The Morgan fingerprint density at radius 1 is 1.41 bits per heavy atom. The Hall–Kier alpha value is -2.01. The van der Waals surface area contributed by atoms with E-state index >= 15 is 0 Å². The Morgan fingerprint density at radius 2 is 2.14 bits per heavy atom. The minimum absolute atomic E-state index is 0. The maximum Gasteiger partial charge on any atom is 0.308 e. The maximum absolute atomic E-state index is 12.1. The number of nitrogens with zero attached hydrogens (tertiary/aromatic N) is 1. The molecule has 22 heavy (non-hydrogen) atoms. The van der Waals surface area contributed by atoms with Gasteiger partial charge in [-0.25, -0.2) is 0 Å². The van der Waals surface area contributed by atoms with Crippen molar-refractivity contribution in [1.29, 1.82) is 0 Å². The van der Waals surface area contributed by atoms with Gasteiger partial charge in [-0.05, 0) is 25.5 Å². The van der Waals surface area contributed by atoms with Crippen molar-refractivity contribution in [3.05, 3.63) is 35.9 Å². The van der Waals surface area contributed by atoms with Crippen LogP contribution in [0.25, 0.3) is 6.08 Å². The van der Waals surface area contributed by atoms with E-state index in [1.807, 2.05) is 31.2 Å². The van der Waals surface area contributed by atoms with Crippen molar-refractivity contribution in [1.82, 2.24) is 4.90 Å². The third-order valence-electron chi connectivity index (χ3n) is 3.47. The van der Waals surface area contributed by atoms with E-state index in [2.05, 4.69) is 0 Å². The predicted octanol–water partition coefficient (Wildman–Crippen LogP) is 2.45. The molecule has 5 nitrogen and oxygen atoms in total. The van der Waals surface area contributed by atoms with Gasteiger partial charge < -0.3 is 14.7 Å². The van der Waals surface area contributed by atoms with Crippen LogP contribution in [0.3, 0.4) is 0 Å². The van der Waals surface area contributed by atoms with Gasteiger partial charge in [-0.3, -0.25) is 9.59 Å². The molecular weight excluding hydrogens is 306 g/mol. The molecule has 1 aromatic carbocycles. The number of carboxylic acid groups (broad SMARTS) is 1. The topological polar surface area (TPSA) is 66.8 Å². The third-order valence-corrected chi connectivity index (χ3v) is 3.47. The van der Waals surface area contributed by atoms with Gasteiger partial charge in [0.2, 0.25) is 5.91 Å². The van der Waals surface area contributed by atoms with Gasteiger partial charge in [0.1, 0.15) is 5.75 Å². The number of para-hydroxylation sites is 1. The number of carbonyl (C=O) groups excluding carboxylic acids is 1. The molecule has 1 heterocycles. The standard InChI is InChI=1S/C16H19NO4.ClH/c1-2-21-14-6-4-3-5-12(14)7-8-15(18)17-10-9-13(11-17)16(19)20;/h3-8,13H,2,9-11H2,1H3,(H,19,20);1H. The average molecular weight is 326 g/mol.